The van der Waals surface area contributed by atoms with Crippen molar-refractivity contribution in [3.8, 4) is 0 Å². The monoisotopic (exact) mass is 238 g/mol. The highest BCUT2D eigenvalue weighted by atomic mass is 16.2. The molecule has 2 fully saturated rings. The van der Waals surface area contributed by atoms with Crippen molar-refractivity contribution in [2.75, 3.05) is 19.6 Å². The van der Waals surface area contributed by atoms with Crippen LogP contribution in [0.3, 0.4) is 0 Å². The molecular formula is C14H26N2O. The van der Waals surface area contributed by atoms with Crippen LogP contribution in [0, 0.1) is 5.41 Å². The number of nitrogens with zero attached hydrogens (tertiary/aromatic N) is 1. The molecule has 3 heteroatoms. The van der Waals surface area contributed by atoms with E-state index >= 15 is 0 Å². The minimum absolute atomic E-state index is 0.0665. The number of nitrogens with one attached hydrogen (secondary N) is 1. The first-order valence-corrected chi connectivity index (χ1v) is 7.19. The predicted octanol–water partition coefficient (Wildman–Crippen LogP) is 2.17. The molecule has 1 heterocycles. The van der Waals surface area contributed by atoms with Crippen LogP contribution in [-0.2, 0) is 4.79 Å². The van der Waals surface area contributed by atoms with E-state index < -0.39 is 0 Å². The molecule has 2 aliphatic rings. The minimum Gasteiger partial charge on any atom is -0.337 e. The van der Waals surface area contributed by atoms with E-state index in [1.165, 1.54) is 19.3 Å². The first-order chi connectivity index (χ1) is 8.17. The third-order valence-electron chi connectivity index (χ3n) is 4.40. The lowest BCUT2D eigenvalue weighted by Gasteiger charge is -2.44. The summed E-state index contributed by atoms with van der Waals surface area (Å²) in [6, 6.07) is 0.459. The maximum absolute atomic E-state index is 12.7. The number of amides is 1. The summed E-state index contributed by atoms with van der Waals surface area (Å²) in [6.45, 7) is 7.25. The summed E-state index contributed by atoms with van der Waals surface area (Å²) in [5.74, 6) is 0.422. The lowest BCUT2D eigenvalue weighted by Crippen LogP contribution is -2.61. The van der Waals surface area contributed by atoms with Crippen LogP contribution in [0.2, 0.25) is 0 Å². The van der Waals surface area contributed by atoms with Gasteiger partial charge in [0.25, 0.3) is 0 Å². The van der Waals surface area contributed by atoms with Crippen LogP contribution in [0.15, 0.2) is 0 Å². The summed E-state index contributed by atoms with van der Waals surface area (Å²) < 4.78 is 0. The van der Waals surface area contributed by atoms with Crippen LogP contribution in [0.5, 0.6) is 0 Å². The third-order valence-corrected chi connectivity index (χ3v) is 4.40. The second kappa shape index (κ2) is 5.38. The molecule has 1 amide bonds. The molecule has 1 saturated carbocycles. The molecular weight excluding hydrogens is 212 g/mol. The quantitative estimate of drug-likeness (QED) is 0.814. The SMILES string of the molecule is CCCN(C(=O)C1(C)CCCCC1)C1CNC1. The zero-order valence-corrected chi connectivity index (χ0v) is 11.3. The van der Waals surface area contributed by atoms with Crippen LogP contribution in [0.4, 0.5) is 0 Å². The Balaban J connectivity index is 2.03. The van der Waals surface area contributed by atoms with Crippen LogP contribution < -0.4 is 5.32 Å². The van der Waals surface area contributed by atoms with Gasteiger partial charge in [-0.3, -0.25) is 4.79 Å². The van der Waals surface area contributed by atoms with Gasteiger partial charge in [0.15, 0.2) is 0 Å². The van der Waals surface area contributed by atoms with Crippen LogP contribution in [0.25, 0.3) is 0 Å². The van der Waals surface area contributed by atoms with Gasteiger partial charge < -0.3 is 10.2 Å². The first kappa shape index (κ1) is 12.9. The number of rotatable bonds is 4. The molecule has 0 radical (unpaired) electrons. The average Bonchev–Trinajstić information content (AvgIpc) is 2.26. The summed E-state index contributed by atoms with van der Waals surface area (Å²) >= 11 is 0. The first-order valence-electron chi connectivity index (χ1n) is 7.19. The Bertz CT molecular complexity index is 267. The lowest BCUT2D eigenvalue weighted by atomic mass is 9.74. The van der Waals surface area contributed by atoms with E-state index in [0.717, 1.165) is 38.9 Å². The summed E-state index contributed by atoms with van der Waals surface area (Å²) in [6.07, 6.45) is 7.01. The van der Waals surface area contributed by atoms with Crippen molar-refractivity contribution in [2.45, 2.75) is 58.4 Å². The van der Waals surface area contributed by atoms with Crippen LogP contribution in [0.1, 0.15) is 52.4 Å². The summed E-state index contributed by atoms with van der Waals surface area (Å²) in [5, 5.41) is 3.28. The summed E-state index contributed by atoms with van der Waals surface area (Å²) in [7, 11) is 0. The van der Waals surface area contributed by atoms with Crippen molar-refractivity contribution in [1.82, 2.24) is 10.2 Å². The standard InChI is InChI=1S/C14H26N2O/c1-3-9-16(12-10-15-11-12)13(17)14(2)7-5-4-6-8-14/h12,15H,3-11H2,1-2H3. The van der Waals surface area contributed by atoms with Crippen LogP contribution in [-0.4, -0.2) is 36.5 Å². The fourth-order valence-corrected chi connectivity index (χ4v) is 3.08. The van der Waals surface area contributed by atoms with Crippen molar-refractivity contribution in [2.24, 2.45) is 5.41 Å². The molecule has 0 aromatic heterocycles. The number of hydrogen-bond acceptors (Lipinski definition) is 2. The van der Waals surface area contributed by atoms with Gasteiger partial charge >= 0.3 is 0 Å². The number of carbonyl (C=O) groups excluding carboxylic acids is 1. The smallest absolute Gasteiger partial charge is 0.228 e. The van der Waals surface area contributed by atoms with E-state index in [2.05, 4.69) is 24.1 Å². The Hall–Kier alpha value is -0.570. The Kier molecular flexibility index (Phi) is 4.08. The van der Waals surface area contributed by atoms with Gasteiger partial charge in [0.2, 0.25) is 5.91 Å². The van der Waals surface area contributed by atoms with Crippen molar-refractivity contribution >= 4 is 5.91 Å². The number of carbonyl (C=O) groups is 1. The van der Waals surface area contributed by atoms with Gasteiger partial charge in [0, 0.05) is 25.0 Å². The van der Waals surface area contributed by atoms with E-state index in [9.17, 15) is 4.79 Å². The minimum atomic E-state index is -0.0665. The lowest BCUT2D eigenvalue weighted by molar-refractivity contribution is -0.146. The average molecular weight is 238 g/mol. The number of hydrogen-bond donors (Lipinski definition) is 1. The van der Waals surface area contributed by atoms with Gasteiger partial charge in [-0.25, -0.2) is 0 Å². The highest BCUT2D eigenvalue weighted by Crippen LogP contribution is 2.38. The van der Waals surface area contributed by atoms with E-state index in [1.54, 1.807) is 0 Å². The topological polar surface area (TPSA) is 32.3 Å². The Morgan fingerprint density at radius 3 is 2.41 bits per heavy atom. The molecule has 0 atom stereocenters. The molecule has 0 bridgehead atoms. The predicted molar refractivity (Wildman–Crippen MR) is 69.9 cm³/mol. The second-order valence-electron chi connectivity index (χ2n) is 5.93. The van der Waals surface area contributed by atoms with E-state index in [-0.39, 0.29) is 5.41 Å². The highest BCUT2D eigenvalue weighted by Gasteiger charge is 2.40. The fraction of sp³-hybridized carbons (Fsp3) is 0.929. The Morgan fingerprint density at radius 1 is 1.29 bits per heavy atom. The molecule has 1 aliphatic heterocycles. The van der Waals surface area contributed by atoms with Crippen molar-refractivity contribution in [3.63, 3.8) is 0 Å². The van der Waals surface area contributed by atoms with Crippen molar-refractivity contribution in [1.29, 1.82) is 0 Å². The molecule has 0 spiro atoms. The summed E-state index contributed by atoms with van der Waals surface area (Å²) in [5.41, 5.74) is -0.0665. The van der Waals surface area contributed by atoms with Gasteiger partial charge in [0.1, 0.15) is 0 Å². The normalized spacial score (nSPS) is 24.1. The molecule has 1 N–H and O–H groups in total. The van der Waals surface area contributed by atoms with E-state index in [1.807, 2.05) is 0 Å². The zero-order chi connectivity index (χ0) is 12.3. The molecule has 98 valence electrons. The molecule has 17 heavy (non-hydrogen) atoms. The van der Waals surface area contributed by atoms with Crippen molar-refractivity contribution in [3.05, 3.63) is 0 Å². The van der Waals surface area contributed by atoms with Gasteiger partial charge in [-0.1, -0.05) is 33.1 Å². The molecule has 0 unspecified atom stereocenters. The van der Waals surface area contributed by atoms with Crippen LogP contribution >= 0.6 is 0 Å². The largest absolute Gasteiger partial charge is 0.337 e. The van der Waals surface area contributed by atoms with Gasteiger partial charge in [0.05, 0.1) is 6.04 Å². The van der Waals surface area contributed by atoms with E-state index in [4.69, 9.17) is 0 Å². The van der Waals surface area contributed by atoms with Gasteiger partial charge in [-0.2, -0.15) is 0 Å². The summed E-state index contributed by atoms with van der Waals surface area (Å²) in [4.78, 5) is 14.9. The third kappa shape index (κ3) is 2.65. The van der Waals surface area contributed by atoms with E-state index in [0.29, 0.717) is 11.9 Å². The zero-order valence-electron chi connectivity index (χ0n) is 11.3. The Morgan fingerprint density at radius 2 is 1.94 bits per heavy atom. The molecule has 1 saturated heterocycles. The highest BCUT2D eigenvalue weighted by molar-refractivity contribution is 5.83. The second-order valence-corrected chi connectivity index (χ2v) is 5.93. The maximum atomic E-state index is 12.7. The molecule has 3 nitrogen and oxygen atoms in total. The van der Waals surface area contributed by atoms with Crippen molar-refractivity contribution < 1.29 is 4.79 Å². The maximum Gasteiger partial charge on any atom is 0.228 e. The molecule has 0 aromatic carbocycles. The molecule has 0 aromatic rings. The Labute approximate surface area is 105 Å². The molecule has 1 aliphatic carbocycles. The van der Waals surface area contributed by atoms with Gasteiger partial charge in [-0.05, 0) is 19.3 Å². The van der Waals surface area contributed by atoms with Gasteiger partial charge in [-0.15, -0.1) is 0 Å². The fourth-order valence-electron chi connectivity index (χ4n) is 3.08. The molecule has 2 rings (SSSR count).